The van der Waals surface area contributed by atoms with E-state index in [9.17, 15) is 4.79 Å². The molecule has 0 aromatic carbocycles. The van der Waals surface area contributed by atoms with Gasteiger partial charge in [-0.1, -0.05) is 0 Å². The first-order valence-corrected chi connectivity index (χ1v) is 3.72. The smallest absolute Gasteiger partial charge is 0.313 e. The van der Waals surface area contributed by atoms with Crippen molar-refractivity contribution in [3.63, 3.8) is 0 Å². The summed E-state index contributed by atoms with van der Waals surface area (Å²) < 4.78 is 0. The Labute approximate surface area is 62.3 Å². The molecule has 1 aromatic rings. The van der Waals surface area contributed by atoms with Crippen molar-refractivity contribution in [1.29, 1.82) is 0 Å². The number of nitrogens with zero attached hydrogens (tertiary/aromatic N) is 1. The van der Waals surface area contributed by atoms with Crippen LogP contribution >= 0.6 is 11.3 Å². The van der Waals surface area contributed by atoms with Crippen LogP contribution in [0.3, 0.4) is 0 Å². The Kier molecular flexibility index (Phi) is 2.01. The molecule has 0 amide bonds. The van der Waals surface area contributed by atoms with Gasteiger partial charge in [0, 0.05) is 11.6 Å². The molecule has 1 atom stereocenters. The van der Waals surface area contributed by atoms with Crippen molar-refractivity contribution < 1.29 is 9.90 Å². The van der Waals surface area contributed by atoms with E-state index in [-0.39, 0.29) is 0 Å². The Morgan fingerprint density at radius 3 is 3.00 bits per heavy atom. The minimum atomic E-state index is -0.824. The van der Waals surface area contributed by atoms with Gasteiger partial charge in [-0.15, -0.1) is 11.3 Å². The molecule has 0 saturated heterocycles. The minimum Gasteiger partial charge on any atom is -0.481 e. The van der Waals surface area contributed by atoms with Crippen molar-refractivity contribution in [2.45, 2.75) is 12.8 Å². The zero-order chi connectivity index (χ0) is 7.56. The average Bonchev–Trinajstić information content (AvgIpc) is 2.36. The van der Waals surface area contributed by atoms with Crippen LogP contribution in [-0.2, 0) is 4.79 Å². The zero-order valence-corrected chi connectivity index (χ0v) is 6.26. The minimum absolute atomic E-state index is 0.472. The Hall–Kier alpha value is -0.900. The lowest BCUT2D eigenvalue weighted by Gasteiger charge is -1.98. The lowest BCUT2D eigenvalue weighted by atomic mass is 10.2. The first-order chi connectivity index (χ1) is 4.72. The van der Waals surface area contributed by atoms with Crippen molar-refractivity contribution >= 4 is 17.3 Å². The molecule has 0 aliphatic heterocycles. The second-order valence-electron chi connectivity index (χ2n) is 1.93. The van der Waals surface area contributed by atoms with Crippen molar-refractivity contribution in [3.05, 3.63) is 16.6 Å². The molecule has 0 saturated carbocycles. The third-order valence-corrected chi connectivity index (χ3v) is 2.15. The lowest BCUT2D eigenvalue weighted by Crippen LogP contribution is -2.06. The van der Waals surface area contributed by atoms with Crippen LogP contribution in [0, 0.1) is 0 Å². The highest BCUT2D eigenvalue weighted by Crippen LogP contribution is 2.16. The SMILES string of the molecule is C[C@@H](C(=O)O)c1nccs1. The van der Waals surface area contributed by atoms with E-state index >= 15 is 0 Å². The quantitative estimate of drug-likeness (QED) is 0.704. The largest absolute Gasteiger partial charge is 0.481 e. The number of thiazole rings is 1. The molecule has 0 spiro atoms. The highest BCUT2D eigenvalue weighted by atomic mass is 32.1. The van der Waals surface area contributed by atoms with Crippen LogP contribution in [-0.4, -0.2) is 16.1 Å². The first kappa shape index (κ1) is 7.21. The fourth-order valence-electron chi connectivity index (χ4n) is 0.554. The van der Waals surface area contributed by atoms with Gasteiger partial charge in [-0.25, -0.2) is 4.98 Å². The number of carboxylic acid groups (broad SMARTS) is 1. The van der Waals surface area contributed by atoms with E-state index in [0.29, 0.717) is 5.01 Å². The highest BCUT2D eigenvalue weighted by molar-refractivity contribution is 7.09. The van der Waals surface area contributed by atoms with Crippen molar-refractivity contribution in [1.82, 2.24) is 4.98 Å². The molecular formula is C6H7NO2S. The summed E-state index contributed by atoms with van der Waals surface area (Å²) in [6.07, 6.45) is 1.61. The molecular weight excluding hydrogens is 150 g/mol. The summed E-state index contributed by atoms with van der Waals surface area (Å²) in [5.41, 5.74) is 0. The van der Waals surface area contributed by atoms with Crippen LogP contribution in [0.5, 0.6) is 0 Å². The van der Waals surface area contributed by atoms with Crippen LogP contribution in [0.4, 0.5) is 0 Å². The molecule has 0 bridgehead atoms. The van der Waals surface area contributed by atoms with Crippen LogP contribution < -0.4 is 0 Å². The summed E-state index contributed by atoms with van der Waals surface area (Å²) in [7, 11) is 0. The van der Waals surface area contributed by atoms with Gasteiger partial charge in [0.15, 0.2) is 0 Å². The maximum Gasteiger partial charge on any atom is 0.313 e. The average molecular weight is 157 g/mol. The summed E-state index contributed by atoms with van der Waals surface area (Å²) in [4.78, 5) is 14.2. The predicted molar refractivity (Wildman–Crippen MR) is 38.2 cm³/mol. The number of aromatic nitrogens is 1. The lowest BCUT2D eigenvalue weighted by molar-refractivity contribution is -0.138. The fraction of sp³-hybridized carbons (Fsp3) is 0.333. The van der Waals surface area contributed by atoms with Gasteiger partial charge in [-0.05, 0) is 6.92 Å². The van der Waals surface area contributed by atoms with E-state index in [1.54, 1.807) is 18.5 Å². The Balaban J connectivity index is 2.77. The summed E-state index contributed by atoms with van der Waals surface area (Å²) >= 11 is 1.37. The molecule has 0 radical (unpaired) electrons. The molecule has 54 valence electrons. The van der Waals surface area contributed by atoms with Gasteiger partial charge in [-0.2, -0.15) is 0 Å². The molecule has 0 unspecified atom stereocenters. The molecule has 1 rings (SSSR count). The molecule has 4 heteroatoms. The van der Waals surface area contributed by atoms with E-state index in [1.807, 2.05) is 0 Å². The number of hydrogen-bond donors (Lipinski definition) is 1. The van der Waals surface area contributed by atoms with Gasteiger partial charge in [0.25, 0.3) is 0 Å². The van der Waals surface area contributed by atoms with E-state index in [0.717, 1.165) is 0 Å². The van der Waals surface area contributed by atoms with Crippen molar-refractivity contribution in [2.24, 2.45) is 0 Å². The van der Waals surface area contributed by atoms with E-state index in [4.69, 9.17) is 5.11 Å². The van der Waals surface area contributed by atoms with Gasteiger partial charge in [0.1, 0.15) is 10.9 Å². The second kappa shape index (κ2) is 2.79. The van der Waals surface area contributed by atoms with Crippen molar-refractivity contribution in [2.75, 3.05) is 0 Å². The molecule has 0 fully saturated rings. The normalized spacial score (nSPS) is 12.9. The molecule has 1 aromatic heterocycles. The van der Waals surface area contributed by atoms with Crippen molar-refractivity contribution in [3.8, 4) is 0 Å². The third kappa shape index (κ3) is 1.33. The molecule has 10 heavy (non-hydrogen) atoms. The third-order valence-electron chi connectivity index (χ3n) is 1.19. The standard InChI is InChI=1S/C6H7NO2S/c1-4(6(8)9)5-7-2-3-10-5/h2-4H,1H3,(H,8,9)/t4-/m1/s1. The van der Waals surface area contributed by atoms with Gasteiger partial charge in [0.05, 0.1) is 0 Å². The number of aliphatic carboxylic acids is 1. The molecule has 0 aliphatic carbocycles. The molecule has 3 nitrogen and oxygen atoms in total. The van der Waals surface area contributed by atoms with E-state index in [2.05, 4.69) is 4.98 Å². The second-order valence-corrected chi connectivity index (χ2v) is 2.86. The first-order valence-electron chi connectivity index (χ1n) is 2.84. The van der Waals surface area contributed by atoms with Gasteiger partial charge < -0.3 is 5.11 Å². The van der Waals surface area contributed by atoms with E-state index < -0.39 is 11.9 Å². The summed E-state index contributed by atoms with van der Waals surface area (Å²) in [6, 6.07) is 0. The topological polar surface area (TPSA) is 50.2 Å². The Morgan fingerprint density at radius 2 is 2.60 bits per heavy atom. The summed E-state index contributed by atoms with van der Waals surface area (Å²) in [6.45, 7) is 1.63. The van der Waals surface area contributed by atoms with Gasteiger partial charge >= 0.3 is 5.97 Å². The van der Waals surface area contributed by atoms with Crippen LogP contribution in [0.1, 0.15) is 17.8 Å². The van der Waals surface area contributed by atoms with Crippen LogP contribution in [0.15, 0.2) is 11.6 Å². The monoisotopic (exact) mass is 157 g/mol. The van der Waals surface area contributed by atoms with Gasteiger partial charge in [-0.3, -0.25) is 4.79 Å². The fourth-order valence-corrected chi connectivity index (χ4v) is 1.24. The Bertz CT molecular complexity index is 220. The molecule has 1 N–H and O–H groups in total. The van der Waals surface area contributed by atoms with Crippen LogP contribution in [0.25, 0.3) is 0 Å². The highest BCUT2D eigenvalue weighted by Gasteiger charge is 2.15. The predicted octanol–water partition coefficient (Wildman–Crippen LogP) is 1.33. The number of carbonyl (C=O) groups is 1. The number of hydrogen-bond acceptors (Lipinski definition) is 3. The maximum atomic E-state index is 10.4. The molecule has 1 heterocycles. The Morgan fingerprint density at radius 1 is 1.90 bits per heavy atom. The summed E-state index contributed by atoms with van der Waals surface area (Å²) in [5, 5.41) is 11.0. The maximum absolute atomic E-state index is 10.4. The van der Waals surface area contributed by atoms with Crippen LogP contribution in [0.2, 0.25) is 0 Å². The summed E-state index contributed by atoms with van der Waals surface area (Å²) in [5.74, 6) is -1.30. The zero-order valence-electron chi connectivity index (χ0n) is 5.44. The number of rotatable bonds is 2. The number of carboxylic acids is 1. The van der Waals surface area contributed by atoms with Gasteiger partial charge in [0.2, 0.25) is 0 Å². The molecule has 0 aliphatic rings. The van der Waals surface area contributed by atoms with E-state index in [1.165, 1.54) is 11.3 Å².